The van der Waals surface area contributed by atoms with E-state index < -0.39 is 23.7 Å². The number of rotatable bonds is 3. The van der Waals surface area contributed by atoms with E-state index >= 15 is 0 Å². The third-order valence-corrected chi connectivity index (χ3v) is 3.74. The Morgan fingerprint density at radius 3 is 2.61 bits per heavy atom. The molecule has 3 rings (SSSR count). The molecule has 2 heterocycles. The van der Waals surface area contributed by atoms with Gasteiger partial charge in [-0.15, -0.1) is 0 Å². The summed E-state index contributed by atoms with van der Waals surface area (Å²) < 4.78 is 16.1. The third-order valence-electron chi connectivity index (χ3n) is 3.74. The van der Waals surface area contributed by atoms with Crippen molar-refractivity contribution in [1.82, 2.24) is 4.90 Å². The number of ether oxygens (including phenoxy) is 3. The van der Waals surface area contributed by atoms with E-state index in [9.17, 15) is 9.59 Å². The van der Waals surface area contributed by atoms with Crippen molar-refractivity contribution in [2.24, 2.45) is 0 Å². The molecule has 0 radical (unpaired) electrons. The standard InChI is InChI=1S/C17H21NO5/c1-17(2,3)23-16(20)18-9-12-14(22-12)13(18)15(19)21-10-11-7-5-4-6-8-11/h4-8,12-14H,9-10H2,1-3H3/t12-,13-,14?/m0/s1. The lowest BCUT2D eigenvalue weighted by molar-refractivity contribution is -0.151. The lowest BCUT2D eigenvalue weighted by Crippen LogP contribution is -2.47. The van der Waals surface area contributed by atoms with Crippen LogP contribution in [0.3, 0.4) is 0 Å². The summed E-state index contributed by atoms with van der Waals surface area (Å²) in [5, 5.41) is 0. The molecule has 1 aromatic carbocycles. The average molecular weight is 319 g/mol. The van der Waals surface area contributed by atoms with Crippen molar-refractivity contribution in [3.8, 4) is 0 Å². The van der Waals surface area contributed by atoms with Crippen LogP contribution in [0, 0.1) is 0 Å². The van der Waals surface area contributed by atoms with Gasteiger partial charge in [0, 0.05) is 0 Å². The molecule has 2 aliphatic rings. The normalized spacial score (nSPS) is 25.7. The van der Waals surface area contributed by atoms with Crippen molar-refractivity contribution in [2.45, 2.75) is 51.2 Å². The fourth-order valence-electron chi connectivity index (χ4n) is 2.65. The van der Waals surface area contributed by atoms with Crippen LogP contribution in [0.5, 0.6) is 0 Å². The molecule has 0 spiro atoms. The van der Waals surface area contributed by atoms with Crippen LogP contribution in [0.15, 0.2) is 30.3 Å². The lowest BCUT2D eigenvalue weighted by atomic mass is 10.2. The SMILES string of the molecule is CC(C)(C)OC(=O)N1C[C@@H]2OC2[C@H]1C(=O)OCc1ccccc1. The van der Waals surface area contributed by atoms with Gasteiger partial charge >= 0.3 is 12.1 Å². The Morgan fingerprint density at radius 2 is 1.96 bits per heavy atom. The van der Waals surface area contributed by atoms with Gasteiger partial charge in [0.25, 0.3) is 0 Å². The first kappa shape index (κ1) is 15.8. The van der Waals surface area contributed by atoms with Crippen molar-refractivity contribution in [3.63, 3.8) is 0 Å². The first-order chi connectivity index (χ1) is 10.8. The molecule has 0 aliphatic carbocycles. The second kappa shape index (κ2) is 5.85. The zero-order chi connectivity index (χ0) is 16.6. The van der Waals surface area contributed by atoms with Gasteiger partial charge in [-0.1, -0.05) is 30.3 Å². The summed E-state index contributed by atoms with van der Waals surface area (Å²) in [6, 6.07) is 8.69. The summed E-state index contributed by atoms with van der Waals surface area (Å²) in [7, 11) is 0. The van der Waals surface area contributed by atoms with Crippen molar-refractivity contribution in [3.05, 3.63) is 35.9 Å². The predicted octanol–water partition coefficient (Wildman–Crippen LogP) is 2.12. The maximum absolute atomic E-state index is 12.4. The van der Waals surface area contributed by atoms with Crippen molar-refractivity contribution in [2.75, 3.05) is 6.54 Å². The minimum absolute atomic E-state index is 0.0863. The molecule has 2 saturated heterocycles. The number of carbonyl (C=O) groups is 2. The summed E-state index contributed by atoms with van der Waals surface area (Å²) in [6.45, 7) is 5.92. The van der Waals surface area contributed by atoms with E-state index in [2.05, 4.69) is 0 Å². The molecule has 0 N–H and O–H groups in total. The van der Waals surface area contributed by atoms with Gasteiger partial charge in [0.1, 0.15) is 24.4 Å². The number of morpholine rings is 1. The number of fused-ring (bicyclic) bond motifs is 1. The van der Waals surface area contributed by atoms with Gasteiger partial charge in [0.15, 0.2) is 6.04 Å². The summed E-state index contributed by atoms with van der Waals surface area (Å²) >= 11 is 0. The molecular weight excluding hydrogens is 298 g/mol. The second-order valence-corrected chi connectivity index (χ2v) is 6.81. The van der Waals surface area contributed by atoms with E-state index in [4.69, 9.17) is 14.2 Å². The summed E-state index contributed by atoms with van der Waals surface area (Å²) in [6.07, 6.45) is -0.863. The third kappa shape index (κ3) is 3.64. The Morgan fingerprint density at radius 1 is 1.26 bits per heavy atom. The van der Waals surface area contributed by atoms with E-state index in [1.807, 2.05) is 30.3 Å². The number of carbonyl (C=O) groups excluding carboxylic acids is 2. The Kier molecular flexibility index (Phi) is 4.02. The zero-order valence-corrected chi connectivity index (χ0v) is 13.5. The molecule has 1 aromatic rings. The number of esters is 1. The van der Waals surface area contributed by atoms with Crippen LogP contribution >= 0.6 is 0 Å². The van der Waals surface area contributed by atoms with Crippen LogP contribution in [-0.4, -0.2) is 47.4 Å². The highest BCUT2D eigenvalue weighted by Crippen LogP contribution is 2.38. The van der Waals surface area contributed by atoms with Crippen LogP contribution < -0.4 is 0 Å². The molecule has 0 aromatic heterocycles. The molecule has 2 aliphatic heterocycles. The molecule has 23 heavy (non-hydrogen) atoms. The number of likely N-dealkylation sites (tertiary alicyclic amines) is 1. The first-order valence-corrected chi connectivity index (χ1v) is 7.71. The largest absolute Gasteiger partial charge is 0.459 e. The highest BCUT2D eigenvalue weighted by Gasteiger charge is 2.60. The second-order valence-electron chi connectivity index (χ2n) is 6.81. The average Bonchev–Trinajstić information content (AvgIpc) is 3.14. The quantitative estimate of drug-likeness (QED) is 0.630. The van der Waals surface area contributed by atoms with E-state index in [0.29, 0.717) is 6.54 Å². The maximum atomic E-state index is 12.4. The van der Waals surface area contributed by atoms with Gasteiger partial charge in [-0.3, -0.25) is 4.90 Å². The van der Waals surface area contributed by atoms with Gasteiger partial charge in [0.2, 0.25) is 0 Å². The fraction of sp³-hybridized carbons (Fsp3) is 0.529. The Labute approximate surface area is 135 Å². The molecule has 0 bridgehead atoms. The molecule has 6 nitrogen and oxygen atoms in total. The minimum atomic E-state index is -0.724. The van der Waals surface area contributed by atoms with Crippen LogP contribution in [0.2, 0.25) is 0 Å². The zero-order valence-electron chi connectivity index (χ0n) is 13.5. The molecule has 1 unspecified atom stereocenters. The Bertz CT molecular complexity index is 595. The number of hydrogen-bond donors (Lipinski definition) is 0. The van der Waals surface area contributed by atoms with E-state index in [-0.39, 0.29) is 18.8 Å². The highest BCUT2D eigenvalue weighted by atomic mass is 16.6. The van der Waals surface area contributed by atoms with E-state index in [0.717, 1.165) is 5.56 Å². The Hall–Kier alpha value is -2.08. The molecule has 6 heteroatoms. The van der Waals surface area contributed by atoms with E-state index in [1.54, 1.807) is 20.8 Å². The summed E-state index contributed by atoms with van der Waals surface area (Å²) in [4.78, 5) is 26.1. The summed E-state index contributed by atoms with van der Waals surface area (Å²) in [5.41, 5.74) is 0.291. The maximum Gasteiger partial charge on any atom is 0.411 e. The molecule has 0 saturated carbocycles. The number of nitrogens with zero attached hydrogens (tertiary/aromatic N) is 1. The molecule has 124 valence electrons. The fourth-order valence-corrected chi connectivity index (χ4v) is 2.65. The van der Waals surface area contributed by atoms with Crippen LogP contribution in [-0.2, 0) is 25.6 Å². The van der Waals surface area contributed by atoms with Gasteiger partial charge < -0.3 is 14.2 Å². The van der Waals surface area contributed by atoms with E-state index in [1.165, 1.54) is 4.90 Å². The highest BCUT2D eigenvalue weighted by molar-refractivity contribution is 5.84. The van der Waals surface area contributed by atoms with Crippen LogP contribution in [0.1, 0.15) is 26.3 Å². The predicted molar refractivity (Wildman–Crippen MR) is 81.6 cm³/mol. The van der Waals surface area contributed by atoms with Crippen molar-refractivity contribution < 1.29 is 23.8 Å². The van der Waals surface area contributed by atoms with Crippen LogP contribution in [0.4, 0.5) is 4.79 Å². The first-order valence-electron chi connectivity index (χ1n) is 7.71. The lowest BCUT2D eigenvalue weighted by Gasteiger charge is -2.28. The number of benzene rings is 1. The molecular formula is C17H21NO5. The Balaban J connectivity index is 1.62. The topological polar surface area (TPSA) is 68.4 Å². The number of hydrogen-bond acceptors (Lipinski definition) is 5. The smallest absolute Gasteiger partial charge is 0.411 e. The monoisotopic (exact) mass is 319 g/mol. The van der Waals surface area contributed by atoms with Crippen molar-refractivity contribution >= 4 is 12.1 Å². The number of amides is 1. The van der Waals surface area contributed by atoms with Gasteiger partial charge in [-0.05, 0) is 26.3 Å². The van der Waals surface area contributed by atoms with Gasteiger partial charge in [0.05, 0.1) is 6.54 Å². The molecule has 3 atom stereocenters. The molecule has 1 amide bonds. The van der Waals surface area contributed by atoms with Gasteiger partial charge in [-0.25, -0.2) is 9.59 Å². The summed E-state index contributed by atoms with van der Waals surface area (Å²) in [5.74, 6) is -0.454. The minimum Gasteiger partial charge on any atom is -0.459 e. The van der Waals surface area contributed by atoms with Crippen molar-refractivity contribution in [1.29, 1.82) is 0 Å². The van der Waals surface area contributed by atoms with Gasteiger partial charge in [-0.2, -0.15) is 0 Å². The molecule has 2 fully saturated rings. The number of epoxide rings is 1. The van der Waals surface area contributed by atoms with Crippen LogP contribution in [0.25, 0.3) is 0 Å².